The predicted molar refractivity (Wildman–Crippen MR) is 97.7 cm³/mol. The molecule has 1 amide bonds. The molecule has 1 N–H and O–H groups in total. The molecule has 1 aliphatic rings. The van der Waals surface area contributed by atoms with Crippen molar-refractivity contribution in [3.63, 3.8) is 0 Å². The number of hydrogen-bond acceptors (Lipinski definition) is 3. The number of carbonyl (C=O) groups is 1. The molecule has 126 valence electrons. The van der Waals surface area contributed by atoms with Gasteiger partial charge in [-0.2, -0.15) is 16.9 Å². The number of nitrogens with one attached hydrogen (secondary N) is 1. The maximum atomic E-state index is 13.2. The second-order valence-corrected chi connectivity index (χ2v) is 6.96. The summed E-state index contributed by atoms with van der Waals surface area (Å²) < 4.78 is 14.9. The van der Waals surface area contributed by atoms with Crippen LogP contribution in [0.5, 0.6) is 0 Å². The minimum Gasteiger partial charge on any atom is -0.306 e. The van der Waals surface area contributed by atoms with Crippen molar-refractivity contribution >= 4 is 23.5 Å². The summed E-state index contributed by atoms with van der Waals surface area (Å²) >= 11 is 1.77. The van der Waals surface area contributed by atoms with E-state index in [1.54, 1.807) is 40.7 Å². The van der Waals surface area contributed by atoms with Crippen LogP contribution in [0.1, 0.15) is 27.2 Å². The summed E-state index contributed by atoms with van der Waals surface area (Å²) in [7, 11) is 0. The lowest BCUT2D eigenvalue weighted by atomic mass is 10.1. The number of amides is 1. The van der Waals surface area contributed by atoms with Crippen LogP contribution in [0, 0.1) is 12.7 Å². The SMILES string of the molecule is Cc1ccc(C(=O)Nc2c3c(nn2-c2ccc(F)cc2)CSC3)cc1. The molecule has 1 aromatic heterocycles. The van der Waals surface area contributed by atoms with Crippen LogP contribution in [0.15, 0.2) is 48.5 Å². The van der Waals surface area contributed by atoms with Crippen LogP contribution >= 0.6 is 11.8 Å². The van der Waals surface area contributed by atoms with Gasteiger partial charge in [-0.15, -0.1) is 0 Å². The first-order chi connectivity index (χ1) is 12.1. The first-order valence-corrected chi connectivity index (χ1v) is 9.10. The number of benzene rings is 2. The normalized spacial score (nSPS) is 12.9. The van der Waals surface area contributed by atoms with Gasteiger partial charge in [0, 0.05) is 22.6 Å². The quantitative estimate of drug-likeness (QED) is 0.763. The molecule has 1 aliphatic heterocycles. The molecule has 25 heavy (non-hydrogen) atoms. The van der Waals surface area contributed by atoms with E-state index in [0.29, 0.717) is 11.4 Å². The summed E-state index contributed by atoms with van der Waals surface area (Å²) in [5, 5.41) is 7.60. The zero-order chi connectivity index (χ0) is 17.4. The fourth-order valence-corrected chi connectivity index (χ4v) is 3.83. The highest BCUT2D eigenvalue weighted by atomic mass is 32.2. The molecule has 0 aliphatic carbocycles. The Morgan fingerprint density at radius 2 is 1.84 bits per heavy atom. The van der Waals surface area contributed by atoms with E-state index >= 15 is 0 Å². The van der Waals surface area contributed by atoms with Gasteiger partial charge in [0.2, 0.25) is 0 Å². The lowest BCUT2D eigenvalue weighted by Gasteiger charge is -2.11. The van der Waals surface area contributed by atoms with E-state index in [0.717, 1.165) is 34.0 Å². The van der Waals surface area contributed by atoms with Crippen LogP contribution < -0.4 is 5.32 Å². The summed E-state index contributed by atoms with van der Waals surface area (Å²) in [5.74, 6) is 1.81. The molecule has 0 fully saturated rings. The molecule has 0 atom stereocenters. The number of rotatable bonds is 3. The number of fused-ring (bicyclic) bond motifs is 1. The van der Waals surface area contributed by atoms with Crippen molar-refractivity contribution in [2.45, 2.75) is 18.4 Å². The summed E-state index contributed by atoms with van der Waals surface area (Å²) in [5.41, 5.74) is 4.42. The number of nitrogens with zero attached hydrogens (tertiary/aromatic N) is 2. The number of anilines is 1. The van der Waals surface area contributed by atoms with E-state index < -0.39 is 0 Å². The number of hydrogen-bond donors (Lipinski definition) is 1. The fraction of sp³-hybridized carbons (Fsp3) is 0.158. The second-order valence-electron chi connectivity index (χ2n) is 5.98. The molecule has 0 spiro atoms. The standard InChI is InChI=1S/C19H16FN3OS/c1-12-2-4-13(5-3-12)19(24)21-18-16-10-25-11-17(16)22-23(18)15-8-6-14(20)7-9-15/h2-9H,10-11H2,1H3,(H,21,24). The minimum atomic E-state index is -0.302. The molecule has 4 nitrogen and oxygen atoms in total. The fourth-order valence-electron chi connectivity index (χ4n) is 2.80. The van der Waals surface area contributed by atoms with Gasteiger partial charge in [-0.1, -0.05) is 17.7 Å². The Morgan fingerprint density at radius 3 is 2.56 bits per heavy atom. The molecule has 2 heterocycles. The monoisotopic (exact) mass is 353 g/mol. The summed E-state index contributed by atoms with van der Waals surface area (Å²) in [4.78, 5) is 12.6. The average Bonchev–Trinajstić information content (AvgIpc) is 3.19. The third kappa shape index (κ3) is 3.05. The van der Waals surface area contributed by atoms with E-state index in [-0.39, 0.29) is 11.7 Å². The van der Waals surface area contributed by atoms with Crippen molar-refractivity contribution in [1.29, 1.82) is 0 Å². The van der Waals surface area contributed by atoms with Crippen molar-refractivity contribution < 1.29 is 9.18 Å². The topological polar surface area (TPSA) is 46.9 Å². The second kappa shape index (κ2) is 6.37. The summed E-state index contributed by atoms with van der Waals surface area (Å²) in [6.07, 6.45) is 0. The molecule has 0 unspecified atom stereocenters. The smallest absolute Gasteiger partial charge is 0.256 e. The highest BCUT2D eigenvalue weighted by molar-refractivity contribution is 7.98. The Balaban J connectivity index is 1.72. The van der Waals surface area contributed by atoms with Gasteiger partial charge in [-0.25, -0.2) is 9.07 Å². The molecule has 0 saturated carbocycles. The maximum absolute atomic E-state index is 13.2. The highest BCUT2D eigenvalue weighted by Crippen LogP contribution is 2.36. The van der Waals surface area contributed by atoms with Gasteiger partial charge in [0.1, 0.15) is 11.6 Å². The Labute approximate surface area is 149 Å². The largest absolute Gasteiger partial charge is 0.306 e. The van der Waals surface area contributed by atoms with E-state index in [9.17, 15) is 9.18 Å². The van der Waals surface area contributed by atoms with Gasteiger partial charge in [0.05, 0.1) is 11.4 Å². The Hall–Kier alpha value is -2.60. The molecule has 0 radical (unpaired) electrons. The molecule has 0 bridgehead atoms. The molecule has 6 heteroatoms. The van der Waals surface area contributed by atoms with Gasteiger partial charge >= 0.3 is 0 Å². The van der Waals surface area contributed by atoms with Gasteiger partial charge in [0.15, 0.2) is 0 Å². The third-order valence-corrected chi connectivity index (χ3v) is 5.14. The van der Waals surface area contributed by atoms with E-state index in [1.165, 1.54) is 12.1 Å². The summed E-state index contributed by atoms with van der Waals surface area (Å²) in [6.45, 7) is 1.98. The lowest BCUT2D eigenvalue weighted by molar-refractivity contribution is 0.102. The van der Waals surface area contributed by atoms with Gasteiger partial charge in [-0.3, -0.25) is 4.79 Å². The Morgan fingerprint density at radius 1 is 1.12 bits per heavy atom. The van der Waals surface area contributed by atoms with Gasteiger partial charge < -0.3 is 5.32 Å². The number of halogens is 1. The third-order valence-electron chi connectivity index (χ3n) is 4.17. The maximum Gasteiger partial charge on any atom is 0.256 e. The molecular weight excluding hydrogens is 337 g/mol. The number of carbonyl (C=O) groups excluding carboxylic acids is 1. The number of aryl methyl sites for hydroxylation is 1. The van der Waals surface area contributed by atoms with E-state index in [1.807, 2.05) is 19.1 Å². The lowest BCUT2D eigenvalue weighted by Crippen LogP contribution is -2.16. The minimum absolute atomic E-state index is 0.178. The van der Waals surface area contributed by atoms with Crippen LogP contribution in [0.25, 0.3) is 5.69 Å². The zero-order valence-electron chi connectivity index (χ0n) is 13.6. The van der Waals surface area contributed by atoms with Crippen molar-refractivity contribution in [1.82, 2.24) is 9.78 Å². The van der Waals surface area contributed by atoms with Crippen molar-refractivity contribution in [3.8, 4) is 5.69 Å². The van der Waals surface area contributed by atoms with Gasteiger partial charge in [0.25, 0.3) is 5.91 Å². The van der Waals surface area contributed by atoms with Crippen LogP contribution in [-0.2, 0) is 11.5 Å². The average molecular weight is 353 g/mol. The Bertz CT molecular complexity index is 933. The highest BCUT2D eigenvalue weighted by Gasteiger charge is 2.25. The molecule has 0 saturated heterocycles. The predicted octanol–water partition coefficient (Wildman–Crippen LogP) is 4.32. The van der Waals surface area contributed by atoms with Crippen LogP contribution in [0.2, 0.25) is 0 Å². The molecule has 2 aromatic carbocycles. The van der Waals surface area contributed by atoms with Gasteiger partial charge in [-0.05, 0) is 43.3 Å². The number of aromatic nitrogens is 2. The first kappa shape index (κ1) is 15.9. The van der Waals surface area contributed by atoms with Crippen LogP contribution in [-0.4, -0.2) is 15.7 Å². The molecule has 3 aromatic rings. The van der Waals surface area contributed by atoms with Crippen molar-refractivity contribution in [3.05, 3.63) is 76.7 Å². The van der Waals surface area contributed by atoms with Crippen LogP contribution in [0.3, 0.4) is 0 Å². The van der Waals surface area contributed by atoms with E-state index in [4.69, 9.17) is 0 Å². The molecule has 4 rings (SSSR count). The van der Waals surface area contributed by atoms with E-state index in [2.05, 4.69) is 10.4 Å². The van der Waals surface area contributed by atoms with Crippen LogP contribution in [0.4, 0.5) is 10.2 Å². The summed E-state index contributed by atoms with van der Waals surface area (Å²) in [6, 6.07) is 13.5. The zero-order valence-corrected chi connectivity index (χ0v) is 14.4. The number of thioether (sulfide) groups is 1. The Kier molecular flexibility index (Phi) is 4.05. The van der Waals surface area contributed by atoms with Crippen molar-refractivity contribution in [2.75, 3.05) is 5.32 Å². The molecular formula is C19H16FN3OS. The van der Waals surface area contributed by atoms with Crippen molar-refractivity contribution in [2.24, 2.45) is 0 Å². The first-order valence-electron chi connectivity index (χ1n) is 7.94.